The number of anilines is 2. The third kappa shape index (κ3) is 3.14. The van der Waals surface area contributed by atoms with Crippen molar-refractivity contribution in [1.82, 2.24) is 24.6 Å². The number of halogens is 2. The van der Waals surface area contributed by atoms with Crippen LogP contribution in [0.15, 0.2) is 30.3 Å². The summed E-state index contributed by atoms with van der Waals surface area (Å²) in [7, 11) is 0. The maximum absolute atomic E-state index is 14.3. The van der Waals surface area contributed by atoms with Crippen LogP contribution in [0.5, 0.6) is 0 Å². The minimum atomic E-state index is -0.245. The molecule has 0 radical (unpaired) electrons. The monoisotopic (exact) mass is 465 g/mol. The molecule has 0 atom stereocenters. The second-order valence-electron chi connectivity index (χ2n) is 10.1. The third-order valence-corrected chi connectivity index (χ3v) is 7.67. The maximum atomic E-state index is 14.3. The Morgan fingerprint density at radius 2 is 1.79 bits per heavy atom. The van der Waals surface area contributed by atoms with Crippen molar-refractivity contribution in [3.63, 3.8) is 0 Å². The predicted octanol–water partition coefficient (Wildman–Crippen LogP) is 3.57. The predicted molar refractivity (Wildman–Crippen MR) is 124 cm³/mol. The molecule has 3 aliphatic heterocycles. The van der Waals surface area contributed by atoms with Crippen molar-refractivity contribution < 1.29 is 4.39 Å². The van der Waals surface area contributed by atoms with Crippen LogP contribution >= 0.6 is 11.6 Å². The molecule has 3 fully saturated rings. The Morgan fingerprint density at radius 3 is 2.58 bits per heavy atom. The number of hydrogen-bond donors (Lipinski definition) is 0. The summed E-state index contributed by atoms with van der Waals surface area (Å²) in [5.41, 5.74) is 3.35. The fraction of sp³-hybridized carbons (Fsp3) is 0.458. The third-order valence-electron chi connectivity index (χ3n) is 7.43. The van der Waals surface area contributed by atoms with Gasteiger partial charge in [-0.05, 0) is 55.7 Å². The van der Waals surface area contributed by atoms with Gasteiger partial charge in [-0.1, -0.05) is 11.6 Å². The molecule has 1 saturated carbocycles. The lowest BCUT2D eigenvalue weighted by molar-refractivity contribution is 0.152. The average molecular weight is 466 g/mol. The zero-order chi connectivity index (χ0) is 22.3. The van der Waals surface area contributed by atoms with Gasteiger partial charge in [-0.2, -0.15) is 0 Å². The van der Waals surface area contributed by atoms with Crippen LogP contribution < -0.4 is 9.80 Å². The van der Waals surface area contributed by atoms with Gasteiger partial charge in [0.15, 0.2) is 17.5 Å². The number of rotatable bonds is 3. The highest BCUT2D eigenvalue weighted by atomic mass is 35.5. The van der Waals surface area contributed by atoms with Crippen LogP contribution in [0.25, 0.3) is 5.69 Å². The molecule has 7 rings (SSSR count). The molecule has 33 heavy (non-hydrogen) atoms. The molecule has 9 heteroatoms. The van der Waals surface area contributed by atoms with Gasteiger partial charge in [-0.15, -0.1) is 10.2 Å². The lowest BCUT2D eigenvalue weighted by atomic mass is 9.73. The van der Waals surface area contributed by atoms with E-state index in [1.165, 1.54) is 24.5 Å². The molecule has 1 spiro atoms. The Labute approximate surface area is 196 Å². The largest absolute Gasteiger partial charge is 0.353 e. The van der Waals surface area contributed by atoms with Crippen molar-refractivity contribution >= 4 is 23.4 Å². The van der Waals surface area contributed by atoms with Crippen LogP contribution in [0.3, 0.4) is 0 Å². The molecular formula is C24H25ClFN7. The van der Waals surface area contributed by atoms with Gasteiger partial charge >= 0.3 is 0 Å². The molecule has 5 heterocycles. The number of aryl methyl sites for hydroxylation is 1. The normalized spacial score (nSPS) is 21.3. The van der Waals surface area contributed by atoms with Gasteiger partial charge in [0.25, 0.3) is 0 Å². The summed E-state index contributed by atoms with van der Waals surface area (Å²) in [6.45, 7) is 7.01. The van der Waals surface area contributed by atoms with Crippen molar-refractivity contribution in [2.45, 2.75) is 38.9 Å². The van der Waals surface area contributed by atoms with E-state index in [0.29, 0.717) is 11.9 Å². The van der Waals surface area contributed by atoms with Gasteiger partial charge < -0.3 is 9.80 Å². The van der Waals surface area contributed by atoms with Crippen LogP contribution in [-0.2, 0) is 13.1 Å². The number of hydrogen-bond acceptors (Lipinski definition) is 6. The molecule has 2 saturated heterocycles. The van der Waals surface area contributed by atoms with E-state index in [2.05, 4.69) is 46.6 Å². The van der Waals surface area contributed by atoms with Gasteiger partial charge in [-0.25, -0.2) is 9.37 Å². The maximum Gasteiger partial charge on any atom is 0.231 e. The Bertz CT molecular complexity index is 1260. The lowest BCUT2D eigenvalue weighted by Gasteiger charge is -2.60. The molecular weight excluding hydrogens is 441 g/mol. The zero-order valence-corrected chi connectivity index (χ0v) is 19.3. The summed E-state index contributed by atoms with van der Waals surface area (Å²) in [5.74, 6) is 2.11. The highest BCUT2D eigenvalue weighted by Crippen LogP contribution is 2.44. The molecule has 3 aromatic rings. The topological polar surface area (TPSA) is 53.3 Å². The summed E-state index contributed by atoms with van der Waals surface area (Å²) in [6, 6.07) is 9.98. The van der Waals surface area contributed by atoms with E-state index in [1.807, 2.05) is 13.0 Å². The first-order valence-corrected chi connectivity index (χ1v) is 12.0. The second kappa shape index (κ2) is 6.90. The zero-order valence-electron chi connectivity index (χ0n) is 18.5. The van der Waals surface area contributed by atoms with E-state index in [0.717, 1.165) is 67.4 Å². The van der Waals surface area contributed by atoms with Crippen molar-refractivity contribution in [1.29, 1.82) is 0 Å². The smallest absolute Gasteiger partial charge is 0.231 e. The van der Waals surface area contributed by atoms with Gasteiger partial charge in [0, 0.05) is 54.9 Å². The average Bonchev–Trinajstić information content (AvgIpc) is 3.52. The molecule has 0 unspecified atom stereocenters. The summed E-state index contributed by atoms with van der Waals surface area (Å²) >= 11 is 6.36. The molecule has 0 amide bonds. The highest BCUT2D eigenvalue weighted by molar-refractivity contribution is 6.30. The Kier molecular flexibility index (Phi) is 4.13. The van der Waals surface area contributed by atoms with E-state index >= 15 is 0 Å². The Morgan fingerprint density at radius 1 is 1.00 bits per heavy atom. The first kappa shape index (κ1) is 19.7. The van der Waals surface area contributed by atoms with Crippen molar-refractivity contribution in [3.05, 3.63) is 58.3 Å². The molecule has 2 aromatic heterocycles. The highest BCUT2D eigenvalue weighted by Gasteiger charge is 2.54. The quantitative estimate of drug-likeness (QED) is 0.589. The van der Waals surface area contributed by atoms with E-state index in [-0.39, 0.29) is 11.2 Å². The lowest BCUT2D eigenvalue weighted by Crippen LogP contribution is -2.73. The fourth-order valence-electron chi connectivity index (χ4n) is 5.68. The Balaban J connectivity index is 1.14. The summed E-state index contributed by atoms with van der Waals surface area (Å²) in [5, 5.41) is 9.98. The van der Waals surface area contributed by atoms with Crippen molar-refractivity contribution in [2.24, 2.45) is 5.41 Å². The van der Waals surface area contributed by atoms with Crippen LogP contribution in [0.4, 0.5) is 16.2 Å². The number of benzene rings is 1. The first-order chi connectivity index (χ1) is 16.0. The molecule has 7 nitrogen and oxygen atoms in total. The molecule has 0 bridgehead atoms. The molecule has 170 valence electrons. The standard InChI is InChI=1S/C24H25ClFN7/c1-15-2-6-19(26)22(27-15)31-11-24(12-31)13-32(14-24)23-29-28-21-10-30(18-4-5-18)9-16-8-17(25)3-7-20(16)33(21)23/h2-3,6-8,18H,4-5,9-14H2,1H3. The van der Waals surface area contributed by atoms with Crippen LogP contribution in [0, 0.1) is 18.2 Å². The minimum absolute atomic E-state index is 0.165. The van der Waals surface area contributed by atoms with E-state index in [9.17, 15) is 4.39 Å². The fourth-order valence-corrected chi connectivity index (χ4v) is 5.87. The molecule has 1 aromatic carbocycles. The van der Waals surface area contributed by atoms with Gasteiger partial charge in [-0.3, -0.25) is 9.47 Å². The summed E-state index contributed by atoms with van der Waals surface area (Å²) < 4.78 is 16.5. The molecule has 1 aliphatic carbocycles. The van der Waals surface area contributed by atoms with E-state index in [1.54, 1.807) is 6.07 Å². The van der Waals surface area contributed by atoms with Crippen LogP contribution in [0.2, 0.25) is 5.02 Å². The first-order valence-electron chi connectivity index (χ1n) is 11.6. The van der Waals surface area contributed by atoms with E-state index in [4.69, 9.17) is 11.6 Å². The van der Waals surface area contributed by atoms with Gasteiger partial charge in [0.2, 0.25) is 5.95 Å². The SMILES string of the molecule is Cc1ccc(F)c(N2CC3(C2)CN(c2nnc4n2-c2ccc(Cl)cc2CN(C2CC2)C4)C3)n1. The molecule has 0 N–H and O–H groups in total. The minimum Gasteiger partial charge on any atom is -0.353 e. The van der Waals surface area contributed by atoms with Crippen molar-refractivity contribution in [3.8, 4) is 5.69 Å². The number of aromatic nitrogens is 4. The molecule has 4 aliphatic rings. The van der Waals surface area contributed by atoms with E-state index < -0.39 is 0 Å². The summed E-state index contributed by atoms with van der Waals surface area (Å²) in [4.78, 5) is 11.3. The van der Waals surface area contributed by atoms with Gasteiger partial charge in [0.05, 0.1) is 12.2 Å². The number of pyridine rings is 1. The van der Waals surface area contributed by atoms with Crippen LogP contribution in [0.1, 0.15) is 29.9 Å². The summed E-state index contributed by atoms with van der Waals surface area (Å²) in [6.07, 6.45) is 2.50. The van der Waals surface area contributed by atoms with Crippen molar-refractivity contribution in [2.75, 3.05) is 36.0 Å². The van der Waals surface area contributed by atoms with Crippen LogP contribution in [-0.4, -0.2) is 56.9 Å². The second-order valence-corrected chi connectivity index (χ2v) is 10.6. The van der Waals surface area contributed by atoms with Gasteiger partial charge in [0.1, 0.15) is 0 Å². The number of nitrogens with zero attached hydrogens (tertiary/aromatic N) is 7. The Hall–Kier alpha value is -2.71. The number of fused-ring (bicyclic) bond motifs is 3.